The molecule has 1 rings (SSSR count). The topological polar surface area (TPSA) is 111 Å². The maximum Gasteiger partial charge on any atom is 0.410 e. The predicted octanol–water partition coefficient (Wildman–Crippen LogP) is 3.06. The van der Waals surface area contributed by atoms with Crippen LogP contribution in [0.5, 0.6) is 0 Å². The Balaban J connectivity index is 2.73. The minimum Gasteiger partial charge on any atom is -0.445 e. The van der Waals surface area contributed by atoms with Gasteiger partial charge < -0.3 is 19.7 Å². The molecule has 0 spiro atoms. The average molecular weight is 395 g/mol. The van der Waals surface area contributed by atoms with Gasteiger partial charge in [0.2, 0.25) is 6.54 Å². The van der Waals surface area contributed by atoms with Crippen LogP contribution >= 0.6 is 0 Å². The molecule has 1 fully saturated rings. The van der Waals surface area contributed by atoms with Gasteiger partial charge >= 0.3 is 12.2 Å². The lowest BCUT2D eigenvalue weighted by atomic mass is 9.87. The maximum atomic E-state index is 12.2. The molecule has 0 atom stereocenters. The van der Waals surface area contributed by atoms with Gasteiger partial charge in [-0.15, -0.1) is 0 Å². The average Bonchev–Trinajstić information content (AvgIpc) is 2.56. The lowest BCUT2D eigenvalue weighted by Crippen LogP contribution is -2.59. The number of ether oxygens (including phenoxy) is 2. The molecule has 1 heterocycles. The SMILES string of the molecule is C=C/C=C(\C=C)COC(=O)NC1(C[N+](=O)[O-])CCN(C(=O)OC(C)(C)C)CC1. The van der Waals surface area contributed by atoms with Crippen molar-refractivity contribution in [3.8, 4) is 0 Å². The molecule has 0 aromatic rings. The van der Waals surface area contributed by atoms with Gasteiger partial charge in [-0.1, -0.05) is 31.4 Å². The second kappa shape index (κ2) is 9.91. The number of alkyl carbamates (subject to hydrolysis) is 1. The molecule has 9 nitrogen and oxygen atoms in total. The maximum absolute atomic E-state index is 12.2. The van der Waals surface area contributed by atoms with Gasteiger partial charge in [0.25, 0.3) is 0 Å². The molecule has 9 heteroatoms. The number of likely N-dealkylation sites (tertiary alicyclic amines) is 1. The molecule has 156 valence electrons. The highest BCUT2D eigenvalue weighted by Gasteiger charge is 2.42. The van der Waals surface area contributed by atoms with E-state index in [4.69, 9.17) is 9.47 Å². The molecule has 1 aliphatic rings. The van der Waals surface area contributed by atoms with Crippen LogP contribution < -0.4 is 5.32 Å². The lowest BCUT2D eigenvalue weighted by molar-refractivity contribution is -0.491. The van der Waals surface area contributed by atoms with Crippen LogP contribution in [-0.4, -0.2) is 59.4 Å². The van der Waals surface area contributed by atoms with Crippen molar-refractivity contribution in [2.24, 2.45) is 0 Å². The van der Waals surface area contributed by atoms with E-state index in [0.717, 1.165) is 0 Å². The van der Waals surface area contributed by atoms with Crippen LogP contribution in [0.4, 0.5) is 9.59 Å². The quantitative estimate of drug-likeness (QED) is 0.403. The summed E-state index contributed by atoms with van der Waals surface area (Å²) in [4.78, 5) is 36.5. The van der Waals surface area contributed by atoms with Crippen molar-refractivity contribution in [3.63, 3.8) is 0 Å². The van der Waals surface area contributed by atoms with Crippen LogP contribution in [0, 0.1) is 10.1 Å². The molecule has 28 heavy (non-hydrogen) atoms. The van der Waals surface area contributed by atoms with Crippen LogP contribution in [0.15, 0.2) is 37.0 Å². The second-order valence-electron chi connectivity index (χ2n) is 7.62. The van der Waals surface area contributed by atoms with Crippen molar-refractivity contribution < 1.29 is 24.0 Å². The summed E-state index contributed by atoms with van der Waals surface area (Å²) in [6.07, 6.45) is 3.92. The molecule has 2 amide bonds. The predicted molar refractivity (Wildman–Crippen MR) is 105 cm³/mol. The van der Waals surface area contributed by atoms with E-state index in [9.17, 15) is 19.7 Å². The molecule has 0 radical (unpaired) electrons. The van der Waals surface area contributed by atoms with E-state index in [2.05, 4.69) is 18.5 Å². The molecule has 0 aromatic heterocycles. The van der Waals surface area contributed by atoms with Crippen LogP contribution in [0.25, 0.3) is 0 Å². The number of nitrogens with zero attached hydrogens (tertiary/aromatic N) is 2. The summed E-state index contributed by atoms with van der Waals surface area (Å²) < 4.78 is 10.5. The third-order valence-corrected chi connectivity index (χ3v) is 4.14. The molecule has 1 saturated heterocycles. The summed E-state index contributed by atoms with van der Waals surface area (Å²) >= 11 is 0. The zero-order valence-electron chi connectivity index (χ0n) is 16.7. The van der Waals surface area contributed by atoms with Crippen molar-refractivity contribution in [1.82, 2.24) is 10.2 Å². The Labute approximate surface area is 165 Å². The monoisotopic (exact) mass is 395 g/mol. The highest BCUT2D eigenvalue weighted by Crippen LogP contribution is 2.24. The number of hydrogen-bond acceptors (Lipinski definition) is 6. The van der Waals surface area contributed by atoms with Gasteiger partial charge in [-0.3, -0.25) is 10.1 Å². The molecular formula is C19H29N3O6. The van der Waals surface area contributed by atoms with Crippen molar-refractivity contribution in [3.05, 3.63) is 47.1 Å². The number of carbonyl (C=O) groups is 2. The van der Waals surface area contributed by atoms with Crippen LogP contribution in [0.3, 0.4) is 0 Å². The summed E-state index contributed by atoms with van der Waals surface area (Å²) in [5.41, 5.74) is -1.07. The molecule has 0 aliphatic carbocycles. The first-order chi connectivity index (χ1) is 13.0. The van der Waals surface area contributed by atoms with E-state index in [1.165, 1.54) is 11.0 Å². The van der Waals surface area contributed by atoms with E-state index < -0.39 is 34.8 Å². The molecule has 1 N–H and O–H groups in total. The van der Waals surface area contributed by atoms with Crippen LogP contribution in [-0.2, 0) is 9.47 Å². The van der Waals surface area contributed by atoms with Gasteiger partial charge in [0.05, 0.1) is 0 Å². The number of nitrogens with one attached hydrogen (secondary N) is 1. The Morgan fingerprint density at radius 3 is 2.36 bits per heavy atom. The minimum atomic E-state index is -1.09. The van der Waals surface area contributed by atoms with Gasteiger partial charge in [-0.25, -0.2) is 9.59 Å². The van der Waals surface area contributed by atoms with Crippen molar-refractivity contribution >= 4 is 12.2 Å². The van der Waals surface area contributed by atoms with Gasteiger partial charge in [0.15, 0.2) is 0 Å². The molecule has 0 aromatic carbocycles. The fourth-order valence-electron chi connectivity index (χ4n) is 2.74. The number of carbonyl (C=O) groups excluding carboxylic acids is 2. The number of rotatable bonds is 7. The summed E-state index contributed by atoms with van der Waals surface area (Å²) in [5.74, 6) is 0. The van der Waals surface area contributed by atoms with Gasteiger partial charge in [-0.05, 0) is 39.2 Å². The summed E-state index contributed by atoms with van der Waals surface area (Å²) in [6, 6.07) is 0. The highest BCUT2D eigenvalue weighted by molar-refractivity contribution is 5.70. The molecule has 1 aliphatic heterocycles. The van der Waals surface area contributed by atoms with Gasteiger partial charge in [0.1, 0.15) is 17.7 Å². The van der Waals surface area contributed by atoms with E-state index >= 15 is 0 Å². The molecular weight excluding hydrogens is 366 g/mol. The Kier molecular flexibility index (Phi) is 8.21. The number of piperidine rings is 1. The second-order valence-corrected chi connectivity index (χ2v) is 7.62. The Morgan fingerprint density at radius 1 is 1.29 bits per heavy atom. The van der Waals surface area contributed by atoms with Crippen LogP contribution in [0.1, 0.15) is 33.6 Å². The van der Waals surface area contributed by atoms with Crippen molar-refractivity contribution in [1.29, 1.82) is 0 Å². The standard InChI is InChI=1S/C19H29N3O6/c1-6-8-15(7-2)13-27-16(23)20-19(14-22(25)26)9-11-21(12-10-19)17(24)28-18(3,4)5/h6-8H,1-2,9-14H2,3-5H3,(H,20,23)/b15-8+. The summed E-state index contributed by atoms with van der Waals surface area (Å²) in [7, 11) is 0. The van der Waals surface area contributed by atoms with Gasteiger partial charge in [-0.2, -0.15) is 0 Å². The van der Waals surface area contributed by atoms with Gasteiger partial charge in [0, 0.05) is 18.0 Å². The Bertz CT molecular complexity index is 643. The highest BCUT2D eigenvalue weighted by atomic mass is 16.6. The van der Waals surface area contributed by atoms with E-state index in [1.807, 2.05) is 0 Å². The zero-order chi connectivity index (χ0) is 21.4. The fraction of sp³-hybridized carbons (Fsp3) is 0.579. The lowest BCUT2D eigenvalue weighted by Gasteiger charge is -2.39. The van der Waals surface area contributed by atoms with Crippen molar-refractivity contribution in [2.75, 3.05) is 26.2 Å². The number of allylic oxidation sites excluding steroid dienone is 2. The first-order valence-electron chi connectivity index (χ1n) is 8.99. The Hall–Kier alpha value is -2.84. The first kappa shape index (κ1) is 23.2. The third kappa shape index (κ3) is 7.81. The molecule has 0 bridgehead atoms. The molecule has 0 unspecified atom stereocenters. The summed E-state index contributed by atoms with van der Waals surface area (Å²) in [6.45, 7) is 12.4. The number of amides is 2. The first-order valence-corrected chi connectivity index (χ1v) is 8.99. The molecule has 0 saturated carbocycles. The zero-order valence-corrected chi connectivity index (χ0v) is 16.7. The van der Waals surface area contributed by atoms with E-state index in [1.54, 1.807) is 32.9 Å². The minimum absolute atomic E-state index is 0.0278. The number of hydrogen-bond donors (Lipinski definition) is 1. The Morgan fingerprint density at radius 2 is 1.89 bits per heavy atom. The fourth-order valence-corrected chi connectivity index (χ4v) is 2.74. The normalized spacial score (nSPS) is 16.7. The third-order valence-electron chi connectivity index (χ3n) is 4.14. The van der Waals surface area contributed by atoms with Crippen molar-refractivity contribution in [2.45, 2.75) is 44.8 Å². The number of nitro groups is 1. The summed E-state index contributed by atoms with van der Waals surface area (Å²) in [5, 5.41) is 13.8. The smallest absolute Gasteiger partial charge is 0.410 e. The largest absolute Gasteiger partial charge is 0.445 e. The van der Waals surface area contributed by atoms with Crippen LogP contribution in [0.2, 0.25) is 0 Å². The van der Waals surface area contributed by atoms with E-state index in [0.29, 0.717) is 5.57 Å². The van der Waals surface area contributed by atoms with E-state index in [-0.39, 0.29) is 32.5 Å².